The van der Waals surface area contributed by atoms with Crippen LogP contribution in [-0.4, -0.2) is 31.2 Å². The molecule has 0 unspecified atom stereocenters. The summed E-state index contributed by atoms with van der Waals surface area (Å²) >= 11 is 15.0. The first-order chi connectivity index (χ1) is 19.7. The van der Waals surface area contributed by atoms with Crippen LogP contribution in [0.3, 0.4) is 0 Å². The van der Waals surface area contributed by atoms with Gasteiger partial charge in [0.05, 0.1) is 10.6 Å². The molecule has 0 atom stereocenters. The third-order valence-corrected chi connectivity index (χ3v) is 7.15. The minimum Gasteiger partial charge on any atom is -0.352 e. The van der Waals surface area contributed by atoms with Gasteiger partial charge in [-0.2, -0.15) is 0 Å². The Hall–Kier alpha value is -2.56. The number of halogens is 2. The highest BCUT2D eigenvalue weighted by atomic mass is 35.5. The van der Waals surface area contributed by atoms with Crippen LogP contribution in [-0.2, 0) is 6.42 Å². The van der Waals surface area contributed by atoms with E-state index in [0.717, 1.165) is 29.1 Å². The van der Waals surface area contributed by atoms with Crippen molar-refractivity contribution in [3.05, 3.63) is 104 Å². The van der Waals surface area contributed by atoms with E-state index in [-0.39, 0.29) is 11.8 Å². The number of rotatable bonds is 12. The molecule has 0 aliphatic rings. The van der Waals surface area contributed by atoms with E-state index in [4.69, 9.17) is 23.2 Å². The fourth-order valence-electron chi connectivity index (χ4n) is 2.94. The van der Waals surface area contributed by atoms with Crippen molar-refractivity contribution >= 4 is 58.5 Å². The summed E-state index contributed by atoms with van der Waals surface area (Å²) in [5.74, 6) is 5.46. The number of hydrogen-bond donors (Lipinski definition) is 2. The Morgan fingerprint density at radius 3 is 2.15 bits per heavy atom. The zero-order valence-electron chi connectivity index (χ0n) is 24.7. The van der Waals surface area contributed by atoms with Crippen LogP contribution in [0.4, 0.5) is 0 Å². The molecule has 2 amide bonds. The summed E-state index contributed by atoms with van der Waals surface area (Å²) in [6, 6.07) is 12.5. The van der Waals surface area contributed by atoms with Gasteiger partial charge in [-0.1, -0.05) is 81.6 Å². The number of carbonyl (C=O) groups is 2. The maximum Gasteiger partial charge on any atom is 0.252 e. The average molecular weight is 634 g/mol. The molecule has 2 aromatic rings. The molecular weight excluding hydrogens is 591 g/mol. The molecule has 0 aromatic heterocycles. The maximum atomic E-state index is 12.0. The monoisotopic (exact) mass is 632 g/mol. The van der Waals surface area contributed by atoms with Crippen LogP contribution in [0.25, 0.3) is 0 Å². The molecule has 0 aliphatic heterocycles. The fraction of sp³-hybridized carbons (Fsp3) is 0.333. The van der Waals surface area contributed by atoms with E-state index < -0.39 is 0 Å². The number of allylic oxidation sites excluding steroid dienone is 1. The van der Waals surface area contributed by atoms with E-state index in [9.17, 15) is 9.59 Å². The van der Waals surface area contributed by atoms with Gasteiger partial charge in [0.2, 0.25) is 0 Å². The molecule has 0 aliphatic carbocycles. The van der Waals surface area contributed by atoms with Crippen LogP contribution in [0.1, 0.15) is 73.2 Å². The predicted molar refractivity (Wildman–Crippen MR) is 184 cm³/mol. The van der Waals surface area contributed by atoms with Crippen molar-refractivity contribution in [2.45, 2.75) is 53.4 Å². The molecule has 0 spiro atoms. The highest BCUT2D eigenvalue weighted by molar-refractivity contribution is 8.05. The summed E-state index contributed by atoms with van der Waals surface area (Å²) in [5, 5.41) is 8.33. The molecule has 41 heavy (non-hydrogen) atoms. The average Bonchev–Trinajstić information content (AvgIpc) is 2.97. The van der Waals surface area contributed by atoms with Crippen molar-refractivity contribution in [3.8, 4) is 11.8 Å². The third kappa shape index (κ3) is 17.8. The second-order valence-corrected chi connectivity index (χ2v) is 11.3. The first-order valence-corrected chi connectivity index (χ1v) is 16.2. The second kappa shape index (κ2) is 24.1. The Morgan fingerprint density at radius 2 is 1.59 bits per heavy atom. The largest absolute Gasteiger partial charge is 0.352 e. The van der Waals surface area contributed by atoms with Gasteiger partial charge in [0.1, 0.15) is 0 Å². The SMILES string of the molecule is C=CSC(=C)CCNC(=O)c1ccc(CC)cc1.CC#C/C=C(/CCNC(=O)c1cc(Cl)ccc1Cl)SC.CCC. The minimum absolute atomic E-state index is 0.0333. The van der Waals surface area contributed by atoms with Gasteiger partial charge in [-0.05, 0) is 89.6 Å². The van der Waals surface area contributed by atoms with E-state index in [1.807, 2.05) is 36.6 Å². The van der Waals surface area contributed by atoms with Crippen LogP contribution >= 0.6 is 46.7 Å². The minimum atomic E-state index is -0.223. The lowest BCUT2D eigenvalue weighted by Crippen LogP contribution is -2.24. The number of benzene rings is 2. The van der Waals surface area contributed by atoms with E-state index in [2.05, 4.69) is 56.4 Å². The lowest BCUT2D eigenvalue weighted by atomic mass is 10.1. The van der Waals surface area contributed by atoms with Gasteiger partial charge in [0, 0.05) is 23.7 Å². The number of amides is 2. The Kier molecular flexibility index (Phi) is 22.6. The normalized spacial score (nSPS) is 9.98. The molecular formula is C33H42Cl2N2O2S2. The first kappa shape index (κ1) is 38.4. The zero-order chi connectivity index (χ0) is 31.0. The van der Waals surface area contributed by atoms with Crippen molar-refractivity contribution in [3.63, 3.8) is 0 Å². The van der Waals surface area contributed by atoms with Crippen LogP contribution in [0.2, 0.25) is 10.0 Å². The van der Waals surface area contributed by atoms with Crippen LogP contribution < -0.4 is 10.6 Å². The molecule has 2 rings (SSSR count). The first-order valence-electron chi connectivity index (χ1n) is 13.4. The summed E-state index contributed by atoms with van der Waals surface area (Å²) in [7, 11) is 0. The summed E-state index contributed by atoms with van der Waals surface area (Å²) in [6.45, 7) is 16.8. The van der Waals surface area contributed by atoms with Gasteiger partial charge in [-0.25, -0.2) is 0 Å². The molecule has 8 heteroatoms. The predicted octanol–water partition coefficient (Wildman–Crippen LogP) is 9.56. The highest BCUT2D eigenvalue weighted by Crippen LogP contribution is 2.21. The number of nitrogens with one attached hydrogen (secondary N) is 2. The van der Waals surface area contributed by atoms with Crippen LogP contribution in [0.5, 0.6) is 0 Å². The van der Waals surface area contributed by atoms with Crippen molar-refractivity contribution < 1.29 is 9.59 Å². The van der Waals surface area contributed by atoms with E-state index in [0.29, 0.717) is 34.3 Å². The van der Waals surface area contributed by atoms with Crippen LogP contribution in [0, 0.1) is 11.8 Å². The number of carbonyl (C=O) groups excluding carboxylic acids is 2. The van der Waals surface area contributed by atoms with Gasteiger partial charge in [-0.3, -0.25) is 9.59 Å². The van der Waals surface area contributed by atoms with Crippen molar-refractivity contribution in [2.75, 3.05) is 19.3 Å². The van der Waals surface area contributed by atoms with Gasteiger partial charge < -0.3 is 10.6 Å². The standard InChI is InChI=1S/C15H15Cl2NOS.C15H19NOS.C3H8/c1-3-4-5-12(20-2)8-9-18-15(19)13-10-11(16)6-7-14(13)17;1-4-13-6-8-14(9-7-13)15(17)16-11-10-12(3)18-5-2;1-3-2/h5-7,10H,8-9H2,1-2H3,(H,18,19);5-9H,2-4,10-11H2,1H3,(H,16,17);3H2,1-2H3/b12-5-;;. The van der Waals surface area contributed by atoms with Crippen LogP contribution in [0.15, 0.2) is 76.9 Å². The molecule has 2 N–H and O–H groups in total. The van der Waals surface area contributed by atoms with E-state index >= 15 is 0 Å². The molecule has 222 valence electrons. The Morgan fingerprint density at radius 1 is 0.976 bits per heavy atom. The van der Waals surface area contributed by atoms with Crippen molar-refractivity contribution in [1.29, 1.82) is 0 Å². The zero-order valence-corrected chi connectivity index (χ0v) is 27.9. The van der Waals surface area contributed by atoms with Gasteiger partial charge in [-0.15, -0.1) is 29.4 Å². The summed E-state index contributed by atoms with van der Waals surface area (Å²) in [6.07, 6.45) is 7.58. The Bertz CT molecular complexity index is 1200. The topological polar surface area (TPSA) is 58.2 Å². The smallest absolute Gasteiger partial charge is 0.252 e. The third-order valence-electron chi connectivity index (χ3n) is 5.03. The van der Waals surface area contributed by atoms with Gasteiger partial charge in [0.15, 0.2) is 0 Å². The summed E-state index contributed by atoms with van der Waals surface area (Å²) < 4.78 is 0. The number of hydrogen-bond acceptors (Lipinski definition) is 4. The number of aryl methyl sites for hydroxylation is 1. The van der Waals surface area contributed by atoms with E-state index in [1.165, 1.54) is 23.7 Å². The molecule has 4 nitrogen and oxygen atoms in total. The van der Waals surface area contributed by atoms with Gasteiger partial charge in [0.25, 0.3) is 11.8 Å². The molecule has 0 fully saturated rings. The van der Waals surface area contributed by atoms with Crippen molar-refractivity contribution in [2.24, 2.45) is 0 Å². The quantitative estimate of drug-likeness (QED) is 0.229. The van der Waals surface area contributed by atoms with Gasteiger partial charge >= 0.3 is 0 Å². The molecule has 0 radical (unpaired) electrons. The fourth-order valence-corrected chi connectivity index (χ4v) is 4.25. The van der Waals surface area contributed by atoms with Crippen molar-refractivity contribution in [1.82, 2.24) is 10.6 Å². The Balaban J connectivity index is 0.000000715. The summed E-state index contributed by atoms with van der Waals surface area (Å²) in [5.41, 5.74) is 2.33. The van der Waals surface area contributed by atoms with E-state index in [1.54, 1.807) is 42.3 Å². The number of thioether (sulfide) groups is 2. The molecule has 0 bridgehead atoms. The second-order valence-electron chi connectivity index (χ2n) is 8.43. The lowest BCUT2D eigenvalue weighted by molar-refractivity contribution is 0.0946. The highest BCUT2D eigenvalue weighted by Gasteiger charge is 2.10. The Labute approximate surface area is 265 Å². The maximum absolute atomic E-state index is 12.0. The lowest BCUT2D eigenvalue weighted by Gasteiger charge is -2.08. The summed E-state index contributed by atoms with van der Waals surface area (Å²) in [4.78, 5) is 25.9. The molecule has 0 saturated carbocycles. The molecule has 0 saturated heterocycles. The molecule has 0 heterocycles. The molecule has 2 aromatic carbocycles.